The van der Waals surface area contributed by atoms with Crippen LogP contribution >= 0.6 is 0 Å². The van der Waals surface area contributed by atoms with E-state index in [9.17, 15) is 8.78 Å². The first-order valence-corrected chi connectivity index (χ1v) is 6.47. The molecule has 0 unspecified atom stereocenters. The van der Waals surface area contributed by atoms with Crippen LogP contribution in [0.1, 0.15) is 38.2 Å². The maximum absolute atomic E-state index is 11.9. The normalized spacial score (nSPS) is 10.9. The number of nitrogens with one attached hydrogen (secondary N) is 1. The van der Waals surface area contributed by atoms with Crippen LogP contribution in [0.5, 0.6) is 5.75 Å². The summed E-state index contributed by atoms with van der Waals surface area (Å²) in [6.45, 7) is 1.19. The highest BCUT2D eigenvalue weighted by molar-refractivity contribution is 5.27. The topological polar surface area (TPSA) is 21.3 Å². The monoisotopic (exact) mass is 257 g/mol. The van der Waals surface area contributed by atoms with Crippen LogP contribution in [0.25, 0.3) is 0 Å². The second kappa shape index (κ2) is 8.86. The van der Waals surface area contributed by atoms with Crippen LogP contribution in [0.4, 0.5) is 8.78 Å². The Kier molecular flexibility index (Phi) is 7.34. The molecule has 1 N–H and O–H groups in total. The lowest BCUT2D eigenvalue weighted by atomic mass is 10.2. The maximum Gasteiger partial charge on any atom is 0.387 e. The first-order valence-electron chi connectivity index (χ1n) is 6.47. The molecule has 0 atom stereocenters. The van der Waals surface area contributed by atoms with E-state index in [0.717, 1.165) is 18.7 Å². The first kappa shape index (κ1) is 14.9. The lowest BCUT2D eigenvalue weighted by Crippen LogP contribution is -2.14. The Morgan fingerprint density at radius 1 is 1.11 bits per heavy atom. The van der Waals surface area contributed by atoms with E-state index in [4.69, 9.17) is 0 Å². The summed E-state index contributed by atoms with van der Waals surface area (Å²) in [5.41, 5.74) is 1.08. The summed E-state index contributed by atoms with van der Waals surface area (Å²) in [5.74, 6) is 0.205. The lowest BCUT2D eigenvalue weighted by molar-refractivity contribution is -0.0498. The van der Waals surface area contributed by atoms with Gasteiger partial charge in [-0.05, 0) is 30.7 Å². The Morgan fingerprint density at radius 3 is 2.44 bits per heavy atom. The van der Waals surface area contributed by atoms with Gasteiger partial charge in [0.05, 0.1) is 0 Å². The van der Waals surface area contributed by atoms with Crippen molar-refractivity contribution in [2.45, 2.75) is 45.8 Å². The number of rotatable bonds is 9. The predicted molar refractivity (Wildman–Crippen MR) is 68.9 cm³/mol. The van der Waals surface area contributed by atoms with E-state index in [1.807, 2.05) is 0 Å². The minimum Gasteiger partial charge on any atom is -0.435 e. The van der Waals surface area contributed by atoms with E-state index in [-0.39, 0.29) is 5.75 Å². The first-order chi connectivity index (χ1) is 8.72. The van der Waals surface area contributed by atoms with Crippen LogP contribution in [0.2, 0.25) is 0 Å². The van der Waals surface area contributed by atoms with E-state index in [2.05, 4.69) is 17.0 Å². The molecular formula is C14H21F2NO. The van der Waals surface area contributed by atoms with Gasteiger partial charge in [-0.1, -0.05) is 38.3 Å². The van der Waals surface area contributed by atoms with Crippen molar-refractivity contribution in [3.05, 3.63) is 29.8 Å². The highest BCUT2D eigenvalue weighted by Gasteiger charge is 2.03. The van der Waals surface area contributed by atoms with Gasteiger partial charge in [-0.15, -0.1) is 0 Å². The minimum absolute atomic E-state index is 0.205. The fourth-order valence-electron chi connectivity index (χ4n) is 1.70. The summed E-state index contributed by atoms with van der Waals surface area (Å²) in [6, 6.07) is 6.74. The third kappa shape index (κ3) is 6.55. The second-order valence-corrected chi connectivity index (χ2v) is 4.26. The van der Waals surface area contributed by atoms with E-state index < -0.39 is 6.61 Å². The molecule has 0 amide bonds. The molecule has 0 saturated carbocycles. The summed E-state index contributed by atoms with van der Waals surface area (Å²) in [7, 11) is 0. The summed E-state index contributed by atoms with van der Waals surface area (Å²) in [4.78, 5) is 0. The molecule has 102 valence electrons. The van der Waals surface area contributed by atoms with Gasteiger partial charge >= 0.3 is 6.61 Å². The lowest BCUT2D eigenvalue weighted by Gasteiger charge is -2.07. The van der Waals surface area contributed by atoms with Crippen molar-refractivity contribution in [3.8, 4) is 5.75 Å². The molecule has 1 rings (SSSR count). The van der Waals surface area contributed by atoms with E-state index in [1.54, 1.807) is 24.3 Å². The summed E-state index contributed by atoms with van der Waals surface area (Å²) < 4.78 is 28.2. The van der Waals surface area contributed by atoms with Crippen molar-refractivity contribution in [1.29, 1.82) is 0 Å². The Hall–Kier alpha value is -1.16. The van der Waals surface area contributed by atoms with Crippen molar-refractivity contribution >= 4 is 0 Å². The second-order valence-electron chi connectivity index (χ2n) is 4.26. The van der Waals surface area contributed by atoms with Crippen LogP contribution in [0, 0.1) is 0 Å². The SMILES string of the molecule is CCCCCCNCc1ccc(OC(F)F)cc1. The molecule has 0 radical (unpaired) electrons. The highest BCUT2D eigenvalue weighted by atomic mass is 19.3. The standard InChI is InChI=1S/C14H21F2NO/c1-2-3-4-5-10-17-11-12-6-8-13(9-7-12)18-14(15)16/h6-9,14,17H,2-5,10-11H2,1H3. The Morgan fingerprint density at radius 2 is 1.83 bits per heavy atom. The predicted octanol–water partition coefficient (Wildman–Crippen LogP) is 3.96. The number of halogens is 2. The molecule has 1 aromatic rings. The Balaban J connectivity index is 2.18. The van der Waals surface area contributed by atoms with Gasteiger partial charge in [-0.25, -0.2) is 0 Å². The molecule has 18 heavy (non-hydrogen) atoms. The molecule has 2 nitrogen and oxygen atoms in total. The highest BCUT2D eigenvalue weighted by Crippen LogP contribution is 2.14. The molecule has 0 saturated heterocycles. The van der Waals surface area contributed by atoms with Crippen LogP contribution in [0.3, 0.4) is 0 Å². The largest absolute Gasteiger partial charge is 0.435 e. The zero-order valence-electron chi connectivity index (χ0n) is 10.8. The Labute approximate surface area is 107 Å². The van der Waals surface area contributed by atoms with Crippen molar-refractivity contribution in [2.75, 3.05) is 6.54 Å². The van der Waals surface area contributed by atoms with Gasteiger partial charge in [0.2, 0.25) is 0 Å². The van der Waals surface area contributed by atoms with Gasteiger partial charge in [-0.2, -0.15) is 8.78 Å². The average Bonchev–Trinajstić information content (AvgIpc) is 2.35. The zero-order chi connectivity index (χ0) is 13.2. The molecule has 0 aromatic heterocycles. The van der Waals surface area contributed by atoms with E-state index >= 15 is 0 Å². The fraction of sp³-hybridized carbons (Fsp3) is 0.571. The number of hydrogen-bond acceptors (Lipinski definition) is 2. The quantitative estimate of drug-likeness (QED) is 0.676. The minimum atomic E-state index is -2.76. The summed E-state index contributed by atoms with van der Waals surface area (Å²) in [6.07, 6.45) is 4.96. The molecule has 1 aromatic carbocycles. The van der Waals surface area contributed by atoms with E-state index in [1.165, 1.54) is 25.7 Å². The van der Waals surface area contributed by atoms with Gasteiger partial charge in [0.1, 0.15) is 5.75 Å². The van der Waals surface area contributed by atoms with Crippen LogP contribution < -0.4 is 10.1 Å². The molecule has 4 heteroatoms. The van der Waals surface area contributed by atoms with Crippen molar-refractivity contribution < 1.29 is 13.5 Å². The molecular weight excluding hydrogens is 236 g/mol. The molecule has 0 aliphatic rings. The number of ether oxygens (including phenoxy) is 1. The Bertz CT molecular complexity index is 314. The average molecular weight is 257 g/mol. The third-order valence-electron chi connectivity index (χ3n) is 2.68. The summed E-state index contributed by atoms with van der Waals surface area (Å²) >= 11 is 0. The maximum atomic E-state index is 11.9. The molecule has 0 aliphatic heterocycles. The molecule has 0 bridgehead atoms. The van der Waals surface area contributed by atoms with Crippen molar-refractivity contribution in [1.82, 2.24) is 5.32 Å². The smallest absolute Gasteiger partial charge is 0.387 e. The van der Waals surface area contributed by atoms with Crippen LogP contribution in [0.15, 0.2) is 24.3 Å². The molecule has 0 spiro atoms. The molecule has 0 fully saturated rings. The van der Waals surface area contributed by atoms with Gasteiger partial charge < -0.3 is 10.1 Å². The number of hydrogen-bond donors (Lipinski definition) is 1. The van der Waals surface area contributed by atoms with Crippen molar-refractivity contribution in [3.63, 3.8) is 0 Å². The number of benzene rings is 1. The number of unbranched alkanes of at least 4 members (excludes halogenated alkanes) is 3. The van der Waals surface area contributed by atoms with Crippen molar-refractivity contribution in [2.24, 2.45) is 0 Å². The summed E-state index contributed by atoms with van der Waals surface area (Å²) in [5, 5.41) is 3.33. The number of alkyl halides is 2. The third-order valence-corrected chi connectivity index (χ3v) is 2.68. The molecule has 0 heterocycles. The van der Waals surface area contributed by atoms with Gasteiger partial charge in [0.25, 0.3) is 0 Å². The molecule has 0 aliphatic carbocycles. The van der Waals surface area contributed by atoms with Gasteiger partial charge in [0.15, 0.2) is 0 Å². The van der Waals surface area contributed by atoms with Crippen LogP contribution in [-0.4, -0.2) is 13.2 Å². The van der Waals surface area contributed by atoms with Gasteiger partial charge in [0, 0.05) is 6.54 Å². The van der Waals surface area contributed by atoms with Crippen LogP contribution in [-0.2, 0) is 6.54 Å². The zero-order valence-corrected chi connectivity index (χ0v) is 10.8. The van der Waals surface area contributed by atoms with E-state index in [0.29, 0.717) is 0 Å². The fourth-order valence-corrected chi connectivity index (χ4v) is 1.70. The van der Waals surface area contributed by atoms with Gasteiger partial charge in [-0.3, -0.25) is 0 Å².